The summed E-state index contributed by atoms with van der Waals surface area (Å²) < 4.78 is 23.1. The van der Waals surface area contributed by atoms with Crippen LogP contribution in [0.1, 0.15) is 33.3 Å². The monoisotopic (exact) mass is 496 g/mol. The SMILES string of the molecule is COCCN1C(=O)C(=C2Sc3c(OC(C)C)cc(C)c(OC(C)C)c3S2)C(=O)N1CCOC. The van der Waals surface area contributed by atoms with Crippen molar-refractivity contribution in [3.63, 3.8) is 0 Å². The average Bonchev–Trinajstić information content (AvgIpc) is 3.26. The second kappa shape index (κ2) is 11.0. The molecule has 1 saturated heterocycles. The van der Waals surface area contributed by atoms with Crippen molar-refractivity contribution in [2.24, 2.45) is 0 Å². The summed E-state index contributed by atoms with van der Waals surface area (Å²) >= 11 is 2.79. The van der Waals surface area contributed by atoms with Gasteiger partial charge < -0.3 is 18.9 Å². The fourth-order valence-corrected chi connectivity index (χ4v) is 6.22. The number of nitrogens with zero attached hydrogens (tertiary/aromatic N) is 2. The van der Waals surface area contributed by atoms with Crippen LogP contribution >= 0.6 is 23.5 Å². The van der Waals surface area contributed by atoms with Crippen LogP contribution in [-0.2, 0) is 19.1 Å². The number of hydrogen-bond donors (Lipinski definition) is 0. The highest BCUT2D eigenvalue weighted by molar-refractivity contribution is 8.25. The summed E-state index contributed by atoms with van der Waals surface area (Å²) in [5.74, 6) is 0.831. The van der Waals surface area contributed by atoms with E-state index < -0.39 is 0 Å². The zero-order chi connectivity index (χ0) is 24.3. The van der Waals surface area contributed by atoms with Crippen molar-refractivity contribution < 1.29 is 28.5 Å². The number of fused-ring (bicyclic) bond motifs is 1. The number of ether oxygens (including phenoxy) is 4. The summed E-state index contributed by atoms with van der Waals surface area (Å²) in [6, 6.07) is 1.96. The third-order valence-corrected chi connectivity index (χ3v) is 7.47. The molecule has 0 aromatic heterocycles. The number of carbonyl (C=O) groups excluding carboxylic acids is 2. The maximum Gasteiger partial charge on any atom is 0.279 e. The predicted octanol–water partition coefficient (Wildman–Crippen LogP) is 3.86. The van der Waals surface area contributed by atoms with Gasteiger partial charge in [0, 0.05) is 14.2 Å². The van der Waals surface area contributed by atoms with Crippen LogP contribution in [0.3, 0.4) is 0 Å². The Morgan fingerprint density at radius 3 is 1.85 bits per heavy atom. The molecule has 182 valence electrons. The van der Waals surface area contributed by atoms with Crippen molar-refractivity contribution in [3.8, 4) is 11.5 Å². The van der Waals surface area contributed by atoms with Gasteiger partial charge in [-0.15, -0.1) is 0 Å². The van der Waals surface area contributed by atoms with E-state index in [0.717, 1.165) is 26.9 Å². The summed E-state index contributed by atoms with van der Waals surface area (Å²) in [6.45, 7) is 11.1. The van der Waals surface area contributed by atoms with Crippen LogP contribution in [0.5, 0.6) is 11.5 Å². The third kappa shape index (κ3) is 5.45. The highest BCUT2D eigenvalue weighted by Crippen LogP contribution is 2.60. The van der Waals surface area contributed by atoms with E-state index in [0.29, 0.717) is 17.5 Å². The molecule has 10 heteroatoms. The van der Waals surface area contributed by atoms with Crippen molar-refractivity contribution >= 4 is 35.3 Å². The molecule has 2 amide bonds. The van der Waals surface area contributed by atoms with E-state index in [4.69, 9.17) is 18.9 Å². The molecule has 0 N–H and O–H groups in total. The fraction of sp³-hybridized carbons (Fsp3) is 0.565. The number of methoxy groups -OCH3 is 2. The minimum absolute atomic E-state index is 0.0171. The lowest BCUT2D eigenvalue weighted by atomic mass is 10.2. The number of hydrazine groups is 1. The molecule has 1 fully saturated rings. The minimum Gasteiger partial charge on any atom is -0.490 e. The molecule has 2 heterocycles. The van der Waals surface area contributed by atoms with Gasteiger partial charge in [0.1, 0.15) is 17.1 Å². The normalized spacial score (nSPS) is 16.0. The topological polar surface area (TPSA) is 77.5 Å². The van der Waals surface area contributed by atoms with Gasteiger partial charge in [-0.25, -0.2) is 10.0 Å². The molecule has 0 aliphatic carbocycles. The number of aryl methyl sites for hydroxylation is 1. The van der Waals surface area contributed by atoms with Crippen LogP contribution in [0.4, 0.5) is 0 Å². The van der Waals surface area contributed by atoms with Crippen molar-refractivity contribution in [2.45, 2.75) is 56.6 Å². The highest BCUT2D eigenvalue weighted by Gasteiger charge is 2.45. The number of carbonyl (C=O) groups is 2. The van der Waals surface area contributed by atoms with Crippen LogP contribution in [0, 0.1) is 6.92 Å². The van der Waals surface area contributed by atoms with Gasteiger partial charge in [-0.3, -0.25) is 9.59 Å². The molecule has 0 spiro atoms. The summed E-state index contributed by atoms with van der Waals surface area (Å²) in [4.78, 5) is 28.4. The number of rotatable bonds is 10. The Balaban J connectivity index is 2.05. The quantitative estimate of drug-likeness (QED) is 0.357. The summed E-state index contributed by atoms with van der Waals surface area (Å²) in [6.07, 6.45) is -0.0349. The van der Waals surface area contributed by atoms with E-state index in [1.807, 2.05) is 40.7 Å². The first-order valence-corrected chi connectivity index (χ1v) is 12.5. The lowest BCUT2D eigenvalue weighted by Crippen LogP contribution is -2.44. The standard InChI is InChI=1S/C23H32N2O6S2/c1-13(2)30-16-12-15(5)18(31-14(3)4)20-19(16)32-23(33-20)17-21(26)24(8-10-28-6)25(22(17)27)9-11-29-7/h12-14H,8-11H2,1-7H3. The molecule has 0 unspecified atom stereocenters. The number of benzene rings is 1. The van der Waals surface area contributed by atoms with E-state index in [1.165, 1.54) is 33.5 Å². The van der Waals surface area contributed by atoms with Crippen molar-refractivity contribution in [1.29, 1.82) is 0 Å². The van der Waals surface area contributed by atoms with Gasteiger partial charge >= 0.3 is 0 Å². The molecule has 8 nitrogen and oxygen atoms in total. The summed E-state index contributed by atoms with van der Waals surface area (Å²) in [7, 11) is 3.13. The molecule has 33 heavy (non-hydrogen) atoms. The smallest absolute Gasteiger partial charge is 0.279 e. The molecular formula is C23H32N2O6S2. The van der Waals surface area contributed by atoms with Gasteiger partial charge in [0.05, 0.1) is 52.5 Å². The van der Waals surface area contributed by atoms with Crippen molar-refractivity contribution in [2.75, 3.05) is 40.5 Å². The van der Waals surface area contributed by atoms with E-state index in [2.05, 4.69) is 0 Å². The fourth-order valence-electron chi connectivity index (χ4n) is 3.49. The average molecular weight is 497 g/mol. The Morgan fingerprint density at radius 2 is 1.36 bits per heavy atom. The van der Waals surface area contributed by atoms with Crippen LogP contribution in [0.15, 0.2) is 25.7 Å². The molecule has 2 aliphatic heterocycles. The van der Waals surface area contributed by atoms with E-state index >= 15 is 0 Å². The predicted molar refractivity (Wildman–Crippen MR) is 129 cm³/mol. The van der Waals surface area contributed by atoms with Crippen LogP contribution < -0.4 is 9.47 Å². The van der Waals surface area contributed by atoms with Gasteiger partial charge in [0.2, 0.25) is 0 Å². The maximum absolute atomic E-state index is 13.3. The lowest BCUT2D eigenvalue weighted by molar-refractivity contribution is -0.149. The molecule has 1 aromatic rings. The van der Waals surface area contributed by atoms with E-state index in [-0.39, 0.29) is 42.7 Å². The molecule has 0 atom stereocenters. The van der Waals surface area contributed by atoms with Crippen LogP contribution in [-0.4, -0.2) is 74.6 Å². The first-order chi connectivity index (χ1) is 15.7. The van der Waals surface area contributed by atoms with E-state index in [1.54, 1.807) is 14.2 Å². The first-order valence-electron chi connectivity index (χ1n) is 10.9. The first kappa shape index (κ1) is 25.7. The zero-order valence-corrected chi connectivity index (χ0v) is 21.9. The minimum atomic E-state index is -0.328. The maximum atomic E-state index is 13.3. The van der Waals surface area contributed by atoms with Gasteiger partial charge in [-0.2, -0.15) is 0 Å². The Bertz CT molecular complexity index is 919. The Labute approximate surface area is 203 Å². The highest BCUT2D eigenvalue weighted by atomic mass is 32.2. The van der Waals surface area contributed by atoms with E-state index in [9.17, 15) is 9.59 Å². The number of hydrogen-bond acceptors (Lipinski definition) is 8. The molecule has 1 aromatic carbocycles. The summed E-state index contributed by atoms with van der Waals surface area (Å²) in [5.41, 5.74) is 1.11. The molecule has 0 radical (unpaired) electrons. The van der Waals surface area contributed by atoms with Gasteiger partial charge in [-0.1, -0.05) is 23.5 Å². The van der Waals surface area contributed by atoms with Gasteiger partial charge in [-0.05, 0) is 46.2 Å². The third-order valence-electron chi connectivity index (χ3n) is 4.85. The second-order valence-electron chi connectivity index (χ2n) is 8.22. The molecule has 0 bridgehead atoms. The zero-order valence-electron chi connectivity index (χ0n) is 20.2. The molecule has 0 saturated carbocycles. The van der Waals surface area contributed by atoms with Crippen molar-refractivity contribution in [1.82, 2.24) is 10.0 Å². The largest absolute Gasteiger partial charge is 0.490 e. The van der Waals surface area contributed by atoms with Crippen molar-refractivity contribution in [3.05, 3.63) is 21.4 Å². The Kier molecular flexibility index (Phi) is 8.60. The lowest BCUT2D eigenvalue weighted by Gasteiger charge is -2.26. The number of thioether (sulfide) groups is 2. The molecule has 2 aliphatic rings. The second-order valence-corrected chi connectivity index (χ2v) is 10.5. The van der Waals surface area contributed by atoms with Crippen LogP contribution in [0.2, 0.25) is 0 Å². The molecule has 3 rings (SSSR count). The molecular weight excluding hydrogens is 464 g/mol. The van der Waals surface area contributed by atoms with Gasteiger partial charge in [0.25, 0.3) is 11.8 Å². The van der Waals surface area contributed by atoms with Crippen LogP contribution in [0.25, 0.3) is 0 Å². The Morgan fingerprint density at radius 1 is 0.848 bits per heavy atom. The number of amides is 2. The summed E-state index contributed by atoms with van der Waals surface area (Å²) in [5, 5.41) is 2.89. The van der Waals surface area contributed by atoms with Gasteiger partial charge in [0.15, 0.2) is 0 Å². The Hall–Kier alpha value is -1.88.